The third kappa shape index (κ3) is 2.88. The second-order valence-corrected chi connectivity index (χ2v) is 4.78. The average Bonchev–Trinajstić information content (AvgIpc) is 1.88. The van der Waals surface area contributed by atoms with Gasteiger partial charge in [-0.3, -0.25) is 0 Å². The highest BCUT2D eigenvalue weighted by Crippen LogP contribution is 2.20. The van der Waals surface area contributed by atoms with Crippen LogP contribution in [0.25, 0.3) is 0 Å². The number of piperidine rings is 1. The summed E-state index contributed by atoms with van der Waals surface area (Å²) < 4.78 is 3.74. The van der Waals surface area contributed by atoms with Gasteiger partial charge in [0.1, 0.15) is 0 Å². The van der Waals surface area contributed by atoms with Crippen LogP contribution in [-0.2, 0) is 0 Å². The van der Waals surface area contributed by atoms with Crippen LogP contribution in [0.15, 0.2) is 0 Å². The molecule has 54 valence electrons. The van der Waals surface area contributed by atoms with Crippen molar-refractivity contribution in [3.8, 4) is 0 Å². The van der Waals surface area contributed by atoms with E-state index in [0.29, 0.717) is 0 Å². The standard InChI is InChI=1S/C6H11I2N/c7-4-6-2-1-3-9(8)5-6/h6H,1-5H2. The van der Waals surface area contributed by atoms with Gasteiger partial charge in [-0.1, -0.05) is 22.6 Å². The van der Waals surface area contributed by atoms with Crippen molar-refractivity contribution in [2.75, 3.05) is 17.5 Å². The van der Waals surface area contributed by atoms with Crippen molar-refractivity contribution in [3.05, 3.63) is 0 Å². The van der Waals surface area contributed by atoms with Gasteiger partial charge in [0, 0.05) is 40.4 Å². The van der Waals surface area contributed by atoms with Crippen LogP contribution in [0.2, 0.25) is 0 Å². The zero-order chi connectivity index (χ0) is 6.69. The van der Waals surface area contributed by atoms with Gasteiger partial charge in [0.15, 0.2) is 0 Å². The van der Waals surface area contributed by atoms with E-state index in [-0.39, 0.29) is 0 Å². The minimum atomic E-state index is 0.969. The molecule has 0 aliphatic carbocycles. The molecule has 0 amide bonds. The molecule has 1 atom stereocenters. The first-order chi connectivity index (χ1) is 4.33. The number of alkyl halides is 1. The molecule has 1 heterocycles. The van der Waals surface area contributed by atoms with E-state index in [4.69, 9.17) is 0 Å². The molecule has 0 aromatic carbocycles. The zero-order valence-corrected chi connectivity index (χ0v) is 9.63. The summed E-state index contributed by atoms with van der Waals surface area (Å²) in [6, 6.07) is 0. The lowest BCUT2D eigenvalue weighted by atomic mass is 10.0. The maximum atomic E-state index is 2.49. The predicted molar refractivity (Wildman–Crippen MR) is 57.2 cm³/mol. The fourth-order valence-corrected chi connectivity index (χ4v) is 2.76. The third-order valence-electron chi connectivity index (χ3n) is 1.69. The van der Waals surface area contributed by atoms with Gasteiger partial charge in [-0.15, -0.1) is 0 Å². The molecule has 0 N–H and O–H groups in total. The molecule has 9 heavy (non-hydrogen) atoms. The molecule has 1 rings (SSSR count). The van der Waals surface area contributed by atoms with E-state index in [2.05, 4.69) is 48.6 Å². The Morgan fingerprint density at radius 3 is 2.78 bits per heavy atom. The fourth-order valence-electron chi connectivity index (χ4n) is 1.14. The van der Waals surface area contributed by atoms with E-state index < -0.39 is 0 Å². The van der Waals surface area contributed by atoms with Gasteiger partial charge in [-0.05, 0) is 18.8 Å². The van der Waals surface area contributed by atoms with Crippen molar-refractivity contribution in [3.63, 3.8) is 0 Å². The molecular weight excluding hydrogens is 340 g/mol. The average molecular weight is 351 g/mol. The molecule has 0 aromatic rings. The van der Waals surface area contributed by atoms with Crippen molar-refractivity contribution >= 4 is 45.5 Å². The van der Waals surface area contributed by atoms with Crippen molar-refractivity contribution in [1.29, 1.82) is 0 Å². The number of halogens is 2. The molecule has 1 aliphatic rings. The molecule has 0 aromatic heterocycles. The third-order valence-corrected chi connectivity index (χ3v) is 3.81. The van der Waals surface area contributed by atoms with Gasteiger partial charge in [0.2, 0.25) is 0 Å². The summed E-state index contributed by atoms with van der Waals surface area (Å²) in [6.45, 7) is 2.61. The van der Waals surface area contributed by atoms with E-state index >= 15 is 0 Å². The van der Waals surface area contributed by atoms with Crippen molar-refractivity contribution in [2.24, 2.45) is 5.92 Å². The van der Waals surface area contributed by atoms with Crippen LogP contribution in [0.1, 0.15) is 12.8 Å². The number of nitrogens with zero attached hydrogens (tertiary/aromatic N) is 1. The topological polar surface area (TPSA) is 3.24 Å². The summed E-state index contributed by atoms with van der Waals surface area (Å²) >= 11 is 4.91. The smallest absolute Gasteiger partial charge is 0.0201 e. The van der Waals surface area contributed by atoms with Gasteiger partial charge >= 0.3 is 0 Å². The Bertz CT molecular complexity index is 87.1. The lowest BCUT2D eigenvalue weighted by Crippen LogP contribution is -2.28. The van der Waals surface area contributed by atoms with Gasteiger partial charge in [-0.25, -0.2) is 3.11 Å². The van der Waals surface area contributed by atoms with Gasteiger partial charge in [0.05, 0.1) is 0 Å². The van der Waals surface area contributed by atoms with Gasteiger partial charge < -0.3 is 0 Å². The summed E-state index contributed by atoms with van der Waals surface area (Å²) in [5, 5.41) is 0. The Kier molecular flexibility index (Phi) is 4.10. The first kappa shape index (κ1) is 8.52. The van der Waals surface area contributed by atoms with E-state index in [1.807, 2.05) is 0 Å². The van der Waals surface area contributed by atoms with Crippen LogP contribution < -0.4 is 0 Å². The lowest BCUT2D eigenvalue weighted by molar-refractivity contribution is 0.329. The number of hydrogen-bond acceptors (Lipinski definition) is 1. The maximum Gasteiger partial charge on any atom is 0.0201 e. The van der Waals surface area contributed by atoms with Crippen molar-refractivity contribution < 1.29 is 0 Å². The first-order valence-electron chi connectivity index (χ1n) is 3.29. The second kappa shape index (κ2) is 4.33. The van der Waals surface area contributed by atoms with Gasteiger partial charge in [0.25, 0.3) is 0 Å². The number of rotatable bonds is 1. The zero-order valence-electron chi connectivity index (χ0n) is 5.32. The van der Waals surface area contributed by atoms with Gasteiger partial charge in [-0.2, -0.15) is 0 Å². The normalized spacial score (nSPS) is 30.7. The maximum absolute atomic E-state index is 2.49. The van der Waals surface area contributed by atoms with E-state index in [1.54, 1.807) is 0 Å². The number of hydrogen-bond donors (Lipinski definition) is 0. The Morgan fingerprint density at radius 1 is 1.56 bits per heavy atom. The first-order valence-corrected chi connectivity index (χ1v) is 5.78. The molecule has 1 fully saturated rings. The summed E-state index contributed by atoms with van der Waals surface area (Å²) in [4.78, 5) is 0. The van der Waals surface area contributed by atoms with Crippen LogP contribution in [-0.4, -0.2) is 20.6 Å². The summed E-state index contributed by atoms with van der Waals surface area (Å²) in [6.07, 6.45) is 2.85. The minimum absolute atomic E-state index is 0.969. The Morgan fingerprint density at radius 2 is 2.33 bits per heavy atom. The van der Waals surface area contributed by atoms with Crippen molar-refractivity contribution in [2.45, 2.75) is 12.8 Å². The molecule has 1 aliphatic heterocycles. The van der Waals surface area contributed by atoms with Crippen LogP contribution in [0.4, 0.5) is 0 Å². The highest BCUT2D eigenvalue weighted by molar-refractivity contribution is 14.1. The van der Waals surface area contributed by atoms with Crippen LogP contribution >= 0.6 is 45.5 Å². The molecule has 1 nitrogen and oxygen atoms in total. The Hall–Kier alpha value is 1.42. The largest absolute Gasteiger partial charge is 0.247 e. The molecule has 0 saturated carbocycles. The Labute approximate surface area is 84.2 Å². The quantitative estimate of drug-likeness (QED) is 0.399. The van der Waals surface area contributed by atoms with E-state index in [1.165, 1.54) is 30.4 Å². The summed E-state index contributed by atoms with van der Waals surface area (Å²) in [7, 11) is 0. The van der Waals surface area contributed by atoms with E-state index in [9.17, 15) is 0 Å². The van der Waals surface area contributed by atoms with Crippen LogP contribution in [0.5, 0.6) is 0 Å². The molecule has 1 saturated heterocycles. The molecule has 0 spiro atoms. The minimum Gasteiger partial charge on any atom is -0.247 e. The van der Waals surface area contributed by atoms with Crippen molar-refractivity contribution in [1.82, 2.24) is 3.11 Å². The van der Waals surface area contributed by atoms with Crippen LogP contribution in [0, 0.1) is 5.92 Å². The summed E-state index contributed by atoms with van der Waals surface area (Å²) in [5.74, 6) is 0.969. The Balaban J connectivity index is 2.23. The highest BCUT2D eigenvalue weighted by atomic mass is 127. The molecule has 0 bridgehead atoms. The second-order valence-electron chi connectivity index (χ2n) is 2.53. The molecule has 0 radical (unpaired) electrons. The SMILES string of the molecule is ICC1CCCN(I)C1. The monoisotopic (exact) mass is 351 g/mol. The summed E-state index contributed by atoms with van der Waals surface area (Å²) in [5.41, 5.74) is 0. The predicted octanol–water partition coefficient (Wildman–Crippen LogP) is 2.48. The van der Waals surface area contributed by atoms with Crippen LogP contribution in [0.3, 0.4) is 0 Å². The molecule has 1 unspecified atom stereocenters. The fraction of sp³-hybridized carbons (Fsp3) is 1.00. The highest BCUT2D eigenvalue weighted by Gasteiger charge is 2.15. The molecule has 3 heteroatoms. The van der Waals surface area contributed by atoms with E-state index in [0.717, 1.165) is 5.92 Å². The lowest BCUT2D eigenvalue weighted by Gasteiger charge is -2.26. The molecular formula is C6H11I2N.